The summed E-state index contributed by atoms with van der Waals surface area (Å²) in [4.78, 5) is 21.1. The Hall–Kier alpha value is -1.59. The monoisotopic (exact) mass is 322 g/mol. The van der Waals surface area contributed by atoms with E-state index >= 15 is 0 Å². The van der Waals surface area contributed by atoms with Gasteiger partial charge in [-0.1, -0.05) is 38.5 Å². The van der Waals surface area contributed by atoms with Crippen LogP contribution in [0.4, 0.5) is 0 Å². The molecule has 2 saturated carbocycles. The van der Waals surface area contributed by atoms with Gasteiger partial charge in [0, 0.05) is 4.98 Å². The summed E-state index contributed by atoms with van der Waals surface area (Å²) in [5.41, 5.74) is -0.430. The normalized spacial score (nSPS) is 20.3. The van der Waals surface area contributed by atoms with Gasteiger partial charge in [0.05, 0.1) is 13.2 Å². The molecule has 1 heterocycles. The molecule has 2 fully saturated rings. The third-order valence-corrected chi connectivity index (χ3v) is 5.01. The van der Waals surface area contributed by atoms with Crippen LogP contribution in [0.2, 0.25) is 0 Å². The minimum Gasteiger partial charge on any atom is -0.443 e. The number of rotatable bonds is 6. The summed E-state index contributed by atoms with van der Waals surface area (Å²) in [6.45, 7) is 1.26. The molecule has 0 aliphatic heterocycles. The first-order chi connectivity index (χ1) is 11.3. The van der Waals surface area contributed by atoms with Crippen LogP contribution in [0, 0.1) is 11.8 Å². The van der Waals surface area contributed by atoms with Gasteiger partial charge in [-0.3, -0.25) is 0 Å². The molecule has 128 valence electrons. The van der Waals surface area contributed by atoms with Crippen LogP contribution in [-0.2, 0) is 0 Å². The van der Waals surface area contributed by atoms with Gasteiger partial charge in [0.15, 0.2) is 0 Å². The molecule has 0 unspecified atom stereocenters. The van der Waals surface area contributed by atoms with Gasteiger partial charge in [-0.2, -0.15) is 9.97 Å². The summed E-state index contributed by atoms with van der Waals surface area (Å²) < 4.78 is 11.4. The van der Waals surface area contributed by atoms with Gasteiger partial charge in [0.1, 0.15) is 0 Å². The summed E-state index contributed by atoms with van der Waals surface area (Å²) in [6, 6.07) is 0.618. The van der Waals surface area contributed by atoms with Crippen LogP contribution < -0.4 is 20.1 Å². The lowest BCUT2D eigenvalue weighted by Crippen LogP contribution is -2.28. The van der Waals surface area contributed by atoms with Crippen molar-refractivity contribution in [3.8, 4) is 12.0 Å². The average Bonchev–Trinajstić information content (AvgIpc) is 2.60. The number of hydrogen-bond donors (Lipinski definition) is 1. The minimum atomic E-state index is -0.430. The first kappa shape index (κ1) is 16.3. The number of H-pyrrole nitrogens is 2. The molecule has 6 heteroatoms. The highest BCUT2D eigenvalue weighted by Crippen LogP contribution is 2.24. The Morgan fingerprint density at radius 2 is 1.48 bits per heavy atom. The zero-order chi connectivity index (χ0) is 15.9. The van der Waals surface area contributed by atoms with E-state index in [2.05, 4.69) is 15.0 Å². The van der Waals surface area contributed by atoms with Crippen LogP contribution in [0.1, 0.15) is 64.2 Å². The quantitative estimate of drug-likeness (QED) is 0.873. The van der Waals surface area contributed by atoms with E-state index in [0.29, 0.717) is 31.1 Å². The van der Waals surface area contributed by atoms with Crippen LogP contribution in [0.3, 0.4) is 0 Å². The van der Waals surface area contributed by atoms with Gasteiger partial charge >= 0.3 is 17.7 Å². The van der Waals surface area contributed by atoms with Gasteiger partial charge in [-0.15, -0.1) is 0 Å². The van der Waals surface area contributed by atoms with Crippen molar-refractivity contribution in [3.63, 3.8) is 0 Å². The van der Waals surface area contributed by atoms with E-state index < -0.39 is 5.69 Å². The Morgan fingerprint density at radius 1 is 0.913 bits per heavy atom. The smallest absolute Gasteiger partial charge is 0.443 e. The predicted octanol–water partition coefficient (Wildman–Crippen LogP) is 2.50. The second kappa shape index (κ2) is 8.31. The first-order valence-corrected chi connectivity index (χ1v) is 9.09. The zero-order valence-electron chi connectivity index (χ0n) is 13.8. The highest BCUT2D eigenvalue weighted by atomic mass is 16.5. The van der Waals surface area contributed by atoms with Crippen molar-refractivity contribution >= 4 is 0 Å². The lowest BCUT2D eigenvalue weighted by atomic mass is 9.90. The van der Waals surface area contributed by atoms with Crippen LogP contribution >= 0.6 is 0 Å². The van der Waals surface area contributed by atoms with E-state index in [1.807, 2.05) is 0 Å². The molecule has 1 aromatic heterocycles. The summed E-state index contributed by atoms with van der Waals surface area (Å²) >= 11 is 0. The lowest BCUT2D eigenvalue weighted by Gasteiger charge is -2.21. The third kappa shape index (κ3) is 5.22. The van der Waals surface area contributed by atoms with Crippen molar-refractivity contribution in [2.75, 3.05) is 13.2 Å². The average molecular weight is 322 g/mol. The third-order valence-electron chi connectivity index (χ3n) is 5.01. The number of hydrogen-bond acceptors (Lipinski definition) is 4. The van der Waals surface area contributed by atoms with E-state index in [0.717, 1.165) is 0 Å². The van der Waals surface area contributed by atoms with Crippen molar-refractivity contribution < 1.29 is 14.5 Å². The molecule has 2 aliphatic carbocycles. The number of aromatic amines is 2. The second-order valence-electron chi connectivity index (χ2n) is 6.93. The molecule has 2 aliphatic rings. The fourth-order valence-corrected chi connectivity index (χ4v) is 3.62. The van der Waals surface area contributed by atoms with Gasteiger partial charge in [-0.05, 0) is 37.5 Å². The van der Waals surface area contributed by atoms with Crippen molar-refractivity contribution in [3.05, 3.63) is 10.5 Å². The van der Waals surface area contributed by atoms with Crippen molar-refractivity contribution in [2.24, 2.45) is 11.8 Å². The Kier molecular flexibility index (Phi) is 5.88. The second-order valence-corrected chi connectivity index (χ2v) is 6.93. The predicted molar refractivity (Wildman–Crippen MR) is 85.6 cm³/mol. The first-order valence-electron chi connectivity index (χ1n) is 9.09. The Balaban J connectivity index is 1.51. The Labute approximate surface area is 137 Å². The lowest BCUT2D eigenvalue weighted by molar-refractivity contribution is -0.421. The maximum absolute atomic E-state index is 11.7. The summed E-state index contributed by atoms with van der Waals surface area (Å²) in [6.07, 6.45) is 12.6. The van der Waals surface area contributed by atoms with Crippen molar-refractivity contribution in [1.82, 2.24) is 9.97 Å². The highest BCUT2D eigenvalue weighted by Gasteiger charge is 2.19. The highest BCUT2D eigenvalue weighted by molar-refractivity contribution is 4.87. The number of ether oxygens (including phenoxy) is 2. The number of nitrogens with one attached hydrogen (secondary N) is 2. The van der Waals surface area contributed by atoms with Crippen molar-refractivity contribution in [2.45, 2.75) is 64.2 Å². The number of aromatic nitrogens is 3. The summed E-state index contributed by atoms with van der Waals surface area (Å²) in [5, 5.41) is 0. The van der Waals surface area contributed by atoms with Gasteiger partial charge in [0.25, 0.3) is 0 Å². The fraction of sp³-hybridized carbons (Fsp3) is 0.824. The molecular formula is C17H28N3O3+. The van der Waals surface area contributed by atoms with Crippen molar-refractivity contribution in [1.29, 1.82) is 0 Å². The van der Waals surface area contributed by atoms with E-state index in [4.69, 9.17) is 9.47 Å². The maximum atomic E-state index is 11.7. The number of nitrogens with zero attached hydrogens (tertiary/aromatic N) is 1. The van der Waals surface area contributed by atoms with Crippen LogP contribution in [0.25, 0.3) is 0 Å². The van der Waals surface area contributed by atoms with Crippen LogP contribution in [0.5, 0.6) is 12.0 Å². The maximum Gasteiger partial charge on any atom is 0.483 e. The topological polar surface area (TPSA) is 78.3 Å². The SMILES string of the molecule is O=c1nc(OCC2CCCCC2)[nH+]c(OCC2CCCCC2)[nH]1. The molecule has 0 amide bonds. The van der Waals surface area contributed by atoms with Gasteiger partial charge in [0.2, 0.25) is 0 Å². The van der Waals surface area contributed by atoms with E-state index in [9.17, 15) is 4.79 Å². The molecule has 0 spiro atoms. The van der Waals surface area contributed by atoms with Gasteiger partial charge in [-0.25, -0.2) is 4.79 Å². The van der Waals surface area contributed by atoms with Gasteiger partial charge < -0.3 is 9.47 Å². The summed E-state index contributed by atoms with van der Waals surface area (Å²) in [5.74, 6) is 1.16. The fourth-order valence-electron chi connectivity index (χ4n) is 3.62. The van der Waals surface area contributed by atoms with E-state index in [1.54, 1.807) is 0 Å². The Morgan fingerprint density at radius 3 is 2.09 bits per heavy atom. The molecule has 0 atom stereocenters. The molecule has 0 saturated heterocycles. The van der Waals surface area contributed by atoms with E-state index in [1.165, 1.54) is 64.2 Å². The minimum absolute atomic E-state index is 0.262. The standard InChI is InChI=1S/C17H27N3O3/c21-15-18-16(22-11-13-7-3-1-4-8-13)20-17(19-15)23-12-14-9-5-2-6-10-14/h13-14H,1-12H2,(H,18,19,20,21)/p+1. The molecule has 6 nitrogen and oxygen atoms in total. The molecule has 0 bridgehead atoms. The molecule has 3 rings (SSSR count). The molecule has 23 heavy (non-hydrogen) atoms. The molecule has 2 N–H and O–H groups in total. The summed E-state index contributed by atoms with van der Waals surface area (Å²) in [7, 11) is 0. The van der Waals surface area contributed by atoms with Crippen LogP contribution in [-0.4, -0.2) is 23.2 Å². The largest absolute Gasteiger partial charge is 0.483 e. The van der Waals surface area contributed by atoms with E-state index in [-0.39, 0.29) is 6.01 Å². The molecule has 1 aromatic rings. The molecule has 0 radical (unpaired) electrons. The van der Waals surface area contributed by atoms with Crippen LogP contribution in [0.15, 0.2) is 4.79 Å². The molecule has 0 aromatic carbocycles. The Bertz CT molecular complexity index is 491. The zero-order valence-corrected chi connectivity index (χ0v) is 13.8. The molecular weight excluding hydrogens is 294 g/mol.